The fraction of sp³-hybridized carbons (Fsp3) is 0.583. The summed E-state index contributed by atoms with van der Waals surface area (Å²) in [6, 6.07) is 1.09. The third kappa shape index (κ3) is 2.76. The summed E-state index contributed by atoms with van der Waals surface area (Å²) in [7, 11) is 0. The van der Waals surface area contributed by atoms with Gasteiger partial charge in [-0.15, -0.1) is 0 Å². The molecule has 1 aromatic rings. The minimum absolute atomic E-state index is 0.0676. The molecule has 2 atom stereocenters. The van der Waals surface area contributed by atoms with E-state index >= 15 is 0 Å². The van der Waals surface area contributed by atoms with Crippen molar-refractivity contribution < 1.29 is 9.90 Å². The number of aliphatic hydroxyl groups excluding tert-OH is 1. The second kappa shape index (κ2) is 4.65. The molecule has 1 fully saturated rings. The van der Waals surface area contributed by atoms with E-state index in [1.165, 1.54) is 6.07 Å². The molecule has 2 rings (SSSR count). The molecule has 7 heteroatoms. The average molecular weight is 267 g/mol. The minimum Gasteiger partial charge on any atom is -0.392 e. The maximum absolute atomic E-state index is 11.8. The Balaban J connectivity index is 1.99. The van der Waals surface area contributed by atoms with Crippen LogP contribution in [0.2, 0.25) is 0 Å². The van der Waals surface area contributed by atoms with Crippen LogP contribution in [0.1, 0.15) is 26.0 Å². The molecule has 1 aliphatic carbocycles. The highest BCUT2D eigenvalue weighted by molar-refractivity contribution is 5.78. The average Bonchev–Trinajstić information content (AvgIpc) is 2.27. The molecule has 0 aliphatic heterocycles. The van der Waals surface area contributed by atoms with Gasteiger partial charge in [0, 0.05) is 23.2 Å². The Morgan fingerprint density at radius 1 is 1.47 bits per heavy atom. The van der Waals surface area contributed by atoms with Crippen molar-refractivity contribution in [3.8, 4) is 0 Å². The first kappa shape index (κ1) is 13.5. The van der Waals surface area contributed by atoms with Gasteiger partial charge in [-0.1, -0.05) is 13.8 Å². The summed E-state index contributed by atoms with van der Waals surface area (Å²) in [6.07, 6.45) is 0.0316. The summed E-state index contributed by atoms with van der Waals surface area (Å²) in [4.78, 5) is 38.4. The van der Waals surface area contributed by atoms with Crippen LogP contribution in [0.5, 0.6) is 0 Å². The topological polar surface area (TPSA) is 115 Å². The fourth-order valence-electron chi connectivity index (χ4n) is 2.18. The molecule has 1 heterocycles. The van der Waals surface area contributed by atoms with E-state index < -0.39 is 17.4 Å². The Bertz CT molecular complexity index is 573. The zero-order valence-corrected chi connectivity index (χ0v) is 10.8. The Kier molecular flexibility index (Phi) is 3.32. The van der Waals surface area contributed by atoms with E-state index in [0.29, 0.717) is 6.42 Å². The van der Waals surface area contributed by atoms with E-state index in [4.69, 9.17) is 0 Å². The number of carbonyl (C=O) groups is 1. The van der Waals surface area contributed by atoms with E-state index in [2.05, 4.69) is 10.3 Å². The van der Waals surface area contributed by atoms with Crippen LogP contribution in [-0.2, 0) is 11.2 Å². The fourth-order valence-corrected chi connectivity index (χ4v) is 2.18. The van der Waals surface area contributed by atoms with Crippen molar-refractivity contribution in [1.82, 2.24) is 15.3 Å². The van der Waals surface area contributed by atoms with Crippen LogP contribution in [0.25, 0.3) is 0 Å². The summed E-state index contributed by atoms with van der Waals surface area (Å²) in [6.45, 7) is 3.75. The van der Waals surface area contributed by atoms with Gasteiger partial charge in [0.15, 0.2) is 0 Å². The third-order valence-electron chi connectivity index (χ3n) is 3.72. The predicted octanol–water partition coefficient (Wildman–Crippen LogP) is -1.12. The van der Waals surface area contributed by atoms with Gasteiger partial charge in [0.1, 0.15) is 0 Å². The number of nitrogens with one attached hydrogen (secondary N) is 3. The lowest BCUT2D eigenvalue weighted by molar-refractivity contribution is -0.128. The molecule has 0 bridgehead atoms. The standard InChI is InChI=1S/C12H17N3O4/c1-12(2)7(5-8(12)16)14-9(17)3-6-4-10(18)15-11(19)13-6/h4,7-8,16H,3,5H2,1-2H3,(H,14,17)(H2,13,15,18,19). The van der Waals surface area contributed by atoms with Crippen molar-refractivity contribution in [1.29, 1.82) is 0 Å². The normalized spacial score (nSPS) is 24.6. The van der Waals surface area contributed by atoms with Gasteiger partial charge in [0.2, 0.25) is 5.91 Å². The Morgan fingerprint density at radius 2 is 2.16 bits per heavy atom. The zero-order chi connectivity index (χ0) is 14.2. The maximum atomic E-state index is 11.8. The molecule has 0 radical (unpaired) electrons. The van der Waals surface area contributed by atoms with E-state index in [9.17, 15) is 19.5 Å². The van der Waals surface area contributed by atoms with Gasteiger partial charge in [-0.25, -0.2) is 4.79 Å². The number of H-pyrrole nitrogens is 2. The third-order valence-corrected chi connectivity index (χ3v) is 3.72. The first-order valence-electron chi connectivity index (χ1n) is 6.09. The van der Waals surface area contributed by atoms with E-state index in [1.54, 1.807) is 0 Å². The van der Waals surface area contributed by atoms with Crippen molar-refractivity contribution in [2.75, 3.05) is 0 Å². The van der Waals surface area contributed by atoms with E-state index in [0.717, 1.165) is 0 Å². The molecule has 2 unspecified atom stereocenters. The first-order valence-corrected chi connectivity index (χ1v) is 6.09. The van der Waals surface area contributed by atoms with Crippen LogP contribution >= 0.6 is 0 Å². The van der Waals surface area contributed by atoms with Crippen LogP contribution in [0.3, 0.4) is 0 Å². The summed E-state index contributed by atoms with van der Waals surface area (Å²) >= 11 is 0. The largest absolute Gasteiger partial charge is 0.392 e. The quantitative estimate of drug-likeness (QED) is 0.555. The highest BCUT2D eigenvalue weighted by atomic mass is 16.3. The lowest BCUT2D eigenvalue weighted by atomic mass is 9.64. The molecule has 1 aliphatic rings. The predicted molar refractivity (Wildman–Crippen MR) is 67.7 cm³/mol. The molecule has 1 saturated carbocycles. The van der Waals surface area contributed by atoms with Crippen LogP contribution in [-0.4, -0.2) is 33.1 Å². The molecule has 1 aromatic heterocycles. The lowest BCUT2D eigenvalue weighted by Crippen LogP contribution is -2.61. The Hall–Kier alpha value is -1.89. The van der Waals surface area contributed by atoms with E-state index in [1.807, 2.05) is 18.8 Å². The van der Waals surface area contributed by atoms with Crippen LogP contribution in [0, 0.1) is 5.41 Å². The molecule has 7 nitrogen and oxygen atoms in total. The van der Waals surface area contributed by atoms with Crippen molar-refractivity contribution in [3.63, 3.8) is 0 Å². The summed E-state index contributed by atoms with van der Waals surface area (Å²) in [5.41, 5.74) is -1.25. The first-order chi connectivity index (χ1) is 8.79. The Morgan fingerprint density at radius 3 is 2.68 bits per heavy atom. The number of hydrogen-bond donors (Lipinski definition) is 4. The molecule has 4 N–H and O–H groups in total. The highest BCUT2D eigenvalue weighted by Gasteiger charge is 2.47. The highest BCUT2D eigenvalue weighted by Crippen LogP contribution is 2.40. The number of hydrogen-bond acceptors (Lipinski definition) is 4. The van der Waals surface area contributed by atoms with Crippen LogP contribution in [0.4, 0.5) is 0 Å². The molecule has 104 valence electrons. The van der Waals surface area contributed by atoms with Crippen molar-refractivity contribution in [3.05, 3.63) is 32.6 Å². The van der Waals surface area contributed by atoms with Gasteiger partial charge in [0.25, 0.3) is 5.56 Å². The van der Waals surface area contributed by atoms with Gasteiger partial charge in [-0.05, 0) is 6.42 Å². The van der Waals surface area contributed by atoms with Crippen molar-refractivity contribution in [2.45, 2.75) is 38.8 Å². The number of aromatic nitrogens is 2. The molecule has 0 saturated heterocycles. The number of amides is 1. The molecule has 0 spiro atoms. The van der Waals surface area contributed by atoms with Gasteiger partial charge in [-0.2, -0.15) is 0 Å². The van der Waals surface area contributed by atoms with Crippen molar-refractivity contribution in [2.24, 2.45) is 5.41 Å². The molecule has 0 aromatic carbocycles. The van der Waals surface area contributed by atoms with Crippen LogP contribution in [0.15, 0.2) is 15.7 Å². The van der Waals surface area contributed by atoms with E-state index in [-0.39, 0.29) is 29.5 Å². The summed E-state index contributed by atoms with van der Waals surface area (Å²) in [5.74, 6) is -0.286. The SMILES string of the molecule is CC1(C)C(O)CC1NC(=O)Cc1cc(=O)[nH]c(=O)[nH]1. The van der Waals surface area contributed by atoms with Crippen molar-refractivity contribution >= 4 is 5.91 Å². The smallest absolute Gasteiger partial charge is 0.325 e. The van der Waals surface area contributed by atoms with Gasteiger partial charge in [-0.3, -0.25) is 14.6 Å². The zero-order valence-electron chi connectivity index (χ0n) is 10.8. The molecule has 19 heavy (non-hydrogen) atoms. The second-order valence-corrected chi connectivity index (χ2v) is 5.48. The van der Waals surface area contributed by atoms with Gasteiger partial charge in [0.05, 0.1) is 12.5 Å². The number of rotatable bonds is 3. The monoisotopic (exact) mass is 267 g/mol. The minimum atomic E-state index is -0.630. The lowest BCUT2D eigenvalue weighted by Gasteiger charge is -2.49. The maximum Gasteiger partial charge on any atom is 0.325 e. The number of aliphatic hydroxyl groups is 1. The number of carbonyl (C=O) groups excluding carboxylic acids is 1. The molecule has 1 amide bonds. The number of aromatic amines is 2. The van der Waals surface area contributed by atoms with Gasteiger partial charge >= 0.3 is 5.69 Å². The summed E-state index contributed by atoms with van der Waals surface area (Å²) < 4.78 is 0. The molecular weight excluding hydrogens is 250 g/mol. The van der Waals surface area contributed by atoms with Crippen LogP contribution < -0.4 is 16.6 Å². The Labute approximate surface area is 109 Å². The van der Waals surface area contributed by atoms with Gasteiger partial charge < -0.3 is 15.4 Å². The summed E-state index contributed by atoms with van der Waals surface area (Å²) in [5, 5.41) is 12.4. The molecular formula is C12H17N3O4. The second-order valence-electron chi connectivity index (χ2n) is 5.48.